The van der Waals surface area contributed by atoms with Crippen molar-refractivity contribution < 1.29 is 41.8 Å². The highest BCUT2D eigenvalue weighted by molar-refractivity contribution is 6.36. The van der Waals surface area contributed by atoms with E-state index in [9.17, 15) is 27.6 Å². The number of hydrogen-bond donors (Lipinski definition) is 0. The Balaban J connectivity index is 1.55. The van der Waals surface area contributed by atoms with Crippen molar-refractivity contribution in [3.05, 3.63) is 47.1 Å². The van der Waals surface area contributed by atoms with E-state index in [4.69, 9.17) is 25.8 Å². The quantitative estimate of drug-likeness (QED) is 0.209. The average molecular weight is 665 g/mol. The van der Waals surface area contributed by atoms with E-state index in [1.807, 2.05) is 12.1 Å². The second-order valence-corrected chi connectivity index (χ2v) is 12.6. The Labute approximate surface area is 269 Å². The van der Waals surface area contributed by atoms with Crippen LogP contribution in [-0.4, -0.2) is 89.8 Å². The summed E-state index contributed by atoms with van der Waals surface area (Å²) in [5.41, 5.74) is -0.0553. The number of rotatable bonds is 8. The Kier molecular flexibility index (Phi) is 9.83. The van der Waals surface area contributed by atoms with Crippen LogP contribution in [0.2, 0.25) is 5.02 Å². The van der Waals surface area contributed by atoms with Crippen LogP contribution in [0.1, 0.15) is 52.1 Å². The number of alkyl halides is 3. The molecule has 1 amide bonds. The second kappa shape index (κ2) is 13.5. The van der Waals surface area contributed by atoms with Gasteiger partial charge in [-0.1, -0.05) is 23.7 Å². The summed E-state index contributed by atoms with van der Waals surface area (Å²) in [6.07, 6.45) is -4.65. The summed E-state index contributed by atoms with van der Waals surface area (Å²) in [6.45, 7) is 8.47. The maximum absolute atomic E-state index is 14.8. The van der Waals surface area contributed by atoms with Gasteiger partial charge in [0.25, 0.3) is 6.43 Å². The van der Waals surface area contributed by atoms with Crippen molar-refractivity contribution in [1.82, 2.24) is 14.7 Å². The van der Waals surface area contributed by atoms with Gasteiger partial charge >= 0.3 is 12.1 Å². The summed E-state index contributed by atoms with van der Waals surface area (Å²) in [6, 6.07) is 5.29. The number of nitrogens with zero attached hydrogens (tertiary/aromatic N) is 4. The summed E-state index contributed by atoms with van der Waals surface area (Å²) in [7, 11) is 0. The molecule has 0 bridgehead atoms. The molecule has 0 radical (unpaired) electrons. The molecule has 0 aliphatic carbocycles. The Morgan fingerprint density at radius 3 is 2.41 bits per heavy atom. The van der Waals surface area contributed by atoms with E-state index in [-0.39, 0.29) is 34.5 Å². The molecule has 14 heteroatoms. The molecule has 3 aromatic rings. The number of ether oxygens (including phenoxy) is 3. The monoisotopic (exact) mass is 664 g/mol. The average Bonchev–Trinajstić information content (AvgIpc) is 3.61. The van der Waals surface area contributed by atoms with Gasteiger partial charge in [0.2, 0.25) is 6.04 Å². The van der Waals surface area contributed by atoms with E-state index in [0.29, 0.717) is 31.9 Å². The van der Waals surface area contributed by atoms with Gasteiger partial charge < -0.3 is 19.1 Å². The van der Waals surface area contributed by atoms with Crippen molar-refractivity contribution >= 4 is 46.0 Å². The van der Waals surface area contributed by atoms with Crippen molar-refractivity contribution in [2.45, 2.75) is 64.4 Å². The minimum absolute atomic E-state index is 0.0630. The third-order valence-corrected chi connectivity index (χ3v) is 8.14. The number of esters is 1. The largest absolute Gasteiger partial charge is 0.464 e. The molecule has 1 aromatic heterocycles. The van der Waals surface area contributed by atoms with Crippen LogP contribution in [0.4, 0.5) is 23.7 Å². The van der Waals surface area contributed by atoms with Crippen LogP contribution in [0.15, 0.2) is 36.5 Å². The first-order chi connectivity index (χ1) is 21.8. The second-order valence-electron chi connectivity index (χ2n) is 12.2. The Morgan fingerprint density at radius 1 is 1.13 bits per heavy atom. The number of benzene rings is 2. The fourth-order valence-corrected chi connectivity index (χ4v) is 6.02. The van der Waals surface area contributed by atoms with Gasteiger partial charge in [0, 0.05) is 36.8 Å². The molecule has 0 N–H and O–H groups in total. The molecule has 0 unspecified atom stereocenters. The molecule has 248 valence electrons. The van der Waals surface area contributed by atoms with Gasteiger partial charge in [0.05, 0.1) is 43.0 Å². The normalized spacial score (nSPS) is 19.5. The van der Waals surface area contributed by atoms with Crippen LogP contribution >= 0.6 is 11.6 Å². The van der Waals surface area contributed by atoms with Gasteiger partial charge in [-0.15, -0.1) is 0 Å². The lowest BCUT2D eigenvalue weighted by molar-refractivity contribution is -0.152. The van der Waals surface area contributed by atoms with Gasteiger partial charge in [-0.3, -0.25) is 9.69 Å². The number of morpholine rings is 1. The Morgan fingerprint density at radius 2 is 1.80 bits per heavy atom. The lowest BCUT2D eigenvalue weighted by Crippen LogP contribution is -2.47. The van der Waals surface area contributed by atoms with E-state index in [1.54, 1.807) is 32.9 Å². The molecule has 2 saturated heterocycles. The zero-order chi connectivity index (χ0) is 33.3. The smallest absolute Gasteiger partial charge is 0.411 e. The number of aromatic nitrogens is 2. The summed E-state index contributed by atoms with van der Waals surface area (Å²) in [5, 5.41) is 4.43. The first-order valence-corrected chi connectivity index (χ1v) is 15.4. The number of amides is 1. The molecule has 2 aliphatic heterocycles. The number of Topliss-reactive ketones (excluding diaryl/α,β-unsaturated/α-hetero) is 1. The van der Waals surface area contributed by atoms with Crippen LogP contribution in [-0.2, 0) is 23.8 Å². The minimum atomic E-state index is -3.00. The molecular weight excluding hydrogens is 629 g/mol. The number of carbonyl (C=O) groups excluding carboxylic acids is 3. The van der Waals surface area contributed by atoms with Crippen molar-refractivity contribution in [2.24, 2.45) is 0 Å². The number of likely N-dealkylation sites (tertiary alicyclic amines) is 1. The first kappa shape index (κ1) is 33.5. The predicted molar refractivity (Wildman–Crippen MR) is 165 cm³/mol. The zero-order valence-corrected chi connectivity index (χ0v) is 26.7. The SMILES string of the molecule is CCOC(=O)[C@@H](C(=O)[C@@H]1C[C@@H](F)CN1C(=O)OC(C)(C)C)n1cc2c(Cl)cc(-c3ccc(N4CCOCC4)cc3)c(C(F)F)c2n1. The predicted octanol–water partition coefficient (Wildman–Crippen LogP) is 6.15. The topological polar surface area (TPSA) is 103 Å². The number of ketones is 1. The summed E-state index contributed by atoms with van der Waals surface area (Å²) >= 11 is 6.61. The summed E-state index contributed by atoms with van der Waals surface area (Å²) in [5.74, 6) is -1.94. The molecule has 10 nitrogen and oxygen atoms in total. The number of anilines is 1. The molecule has 5 rings (SSSR count). The van der Waals surface area contributed by atoms with E-state index in [0.717, 1.165) is 15.3 Å². The maximum atomic E-state index is 14.8. The highest BCUT2D eigenvalue weighted by atomic mass is 35.5. The molecule has 2 aromatic carbocycles. The standard InChI is InChI=1S/C32H36ClF3N4O6/c1-5-45-30(42)27(28(41)24-14-19(34)16-39(24)31(43)46-32(2,3)4)40-17-22-23(33)15-21(25(29(35)36)26(22)37-40)18-6-8-20(9-7-18)38-10-12-44-13-11-38/h6-9,15,17,19,24,27,29H,5,10-14,16H2,1-4H3/t19-,24+,27-/m1/s1. The number of carbonyl (C=O) groups is 3. The van der Waals surface area contributed by atoms with E-state index in [2.05, 4.69) is 10.00 Å². The summed E-state index contributed by atoms with van der Waals surface area (Å²) in [4.78, 5) is 43.1. The third-order valence-electron chi connectivity index (χ3n) is 7.83. The maximum Gasteiger partial charge on any atom is 0.411 e. The van der Waals surface area contributed by atoms with Crippen molar-refractivity contribution in [3.8, 4) is 11.1 Å². The number of fused-ring (bicyclic) bond motifs is 1. The first-order valence-electron chi connectivity index (χ1n) is 15.1. The summed E-state index contributed by atoms with van der Waals surface area (Å²) < 4.78 is 61.0. The molecule has 2 aliphatic rings. The van der Waals surface area contributed by atoms with Crippen molar-refractivity contribution in [3.63, 3.8) is 0 Å². The van der Waals surface area contributed by atoms with E-state index < -0.39 is 60.2 Å². The highest BCUT2D eigenvalue weighted by Gasteiger charge is 2.47. The zero-order valence-electron chi connectivity index (χ0n) is 26.0. The highest BCUT2D eigenvalue weighted by Crippen LogP contribution is 2.41. The fraction of sp³-hybridized carbons (Fsp3) is 0.500. The third kappa shape index (κ3) is 6.95. The van der Waals surface area contributed by atoms with E-state index in [1.165, 1.54) is 19.2 Å². The molecule has 3 heterocycles. The van der Waals surface area contributed by atoms with Crippen molar-refractivity contribution in [2.75, 3.05) is 44.4 Å². The Bertz CT molecular complexity index is 1600. The van der Waals surface area contributed by atoms with Gasteiger partial charge in [-0.25, -0.2) is 27.4 Å². The Hall–Kier alpha value is -3.84. The molecule has 2 fully saturated rings. The van der Waals surface area contributed by atoms with Gasteiger partial charge in [0.1, 0.15) is 17.3 Å². The lowest BCUT2D eigenvalue weighted by atomic mass is 9.97. The number of halogens is 4. The van der Waals surface area contributed by atoms with Crippen LogP contribution in [0.3, 0.4) is 0 Å². The van der Waals surface area contributed by atoms with Gasteiger partial charge in [-0.05, 0) is 57.0 Å². The number of hydrogen-bond acceptors (Lipinski definition) is 8. The van der Waals surface area contributed by atoms with Crippen molar-refractivity contribution in [1.29, 1.82) is 0 Å². The molecule has 3 atom stereocenters. The fourth-order valence-electron chi connectivity index (χ4n) is 5.78. The van der Waals surface area contributed by atoms with Crippen LogP contribution in [0.5, 0.6) is 0 Å². The van der Waals surface area contributed by atoms with Gasteiger partial charge in [0.15, 0.2) is 5.78 Å². The molecule has 0 saturated carbocycles. The lowest BCUT2D eigenvalue weighted by Gasteiger charge is -2.29. The van der Waals surface area contributed by atoms with Crippen LogP contribution < -0.4 is 4.90 Å². The molecular formula is C32H36ClF3N4O6. The molecule has 0 spiro atoms. The minimum Gasteiger partial charge on any atom is -0.464 e. The van der Waals surface area contributed by atoms with Crippen LogP contribution in [0, 0.1) is 0 Å². The van der Waals surface area contributed by atoms with E-state index >= 15 is 0 Å². The molecule has 46 heavy (non-hydrogen) atoms. The van der Waals surface area contributed by atoms with Gasteiger partial charge in [-0.2, -0.15) is 5.10 Å². The van der Waals surface area contributed by atoms with Crippen LogP contribution in [0.25, 0.3) is 22.0 Å².